The van der Waals surface area contributed by atoms with Crippen LogP contribution in [0.25, 0.3) is 0 Å². The lowest BCUT2D eigenvalue weighted by molar-refractivity contribution is 0.100. The molecule has 0 aliphatic carbocycles. The van der Waals surface area contributed by atoms with Crippen LogP contribution in [0, 0.1) is 5.82 Å². The quantitative estimate of drug-likeness (QED) is 0.478. The van der Waals surface area contributed by atoms with Crippen molar-refractivity contribution in [1.82, 2.24) is 14.9 Å². The van der Waals surface area contributed by atoms with E-state index in [1.54, 1.807) is 14.1 Å². The number of amides is 3. The molecule has 0 aliphatic heterocycles. The maximum Gasteiger partial charge on any atom is 0.321 e. The van der Waals surface area contributed by atoms with Crippen LogP contribution in [-0.2, 0) is 0 Å². The van der Waals surface area contributed by atoms with E-state index in [0.29, 0.717) is 12.2 Å². The summed E-state index contributed by atoms with van der Waals surface area (Å²) in [5.41, 5.74) is 6.96. The number of allylic oxidation sites excluding steroid dienone is 3. The van der Waals surface area contributed by atoms with Crippen molar-refractivity contribution in [3.05, 3.63) is 59.6 Å². The third-order valence-corrected chi connectivity index (χ3v) is 4.03. The van der Waals surface area contributed by atoms with Gasteiger partial charge in [-0.2, -0.15) is 4.98 Å². The zero-order chi connectivity index (χ0) is 23.0. The summed E-state index contributed by atoms with van der Waals surface area (Å²) >= 11 is 0. The molecule has 0 saturated heterocycles. The first-order valence-electron chi connectivity index (χ1n) is 9.45. The Bertz CT molecular complexity index is 1020. The fraction of sp³-hybridized carbons (Fsp3) is 0.238. The average molecular weight is 427 g/mol. The van der Waals surface area contributed by atoms with Gasteiger partial charge < -0.3 is 26.6 Å². The first kappa shape index (κ1) is 23.3. The predicted molar refractivity (Wildman–Crippen MR) is 120 cm³/mol. The Morgan fingerprint density at radius 3 is 2.68 bits per heavy atom. The molecule has 9 nitrogen and oxygen atoms in total. The lowest BCUT2D eigenvalue weighted by Gasteiger charge is -2.14. The lowest BCUT2D eigenvalue weighted by atomic mass is 10.2. The van der Waals surface area contributed by atoms with Crippen LogP contribution in [-0.4, -0.2) is 47.4 Å². The molecule has 10 heteroatoms. The highest BCUT2D eigenvalue weighted by Crippen LogP contribution is 2.23. The Hall–Kier alpha value is -3.95. The number of hydrogen-bond donors (Lipinski definition) is 4. The summed E-state index contributed by atoms with van der Waals surface area (Å²) in [6.45, 7) is 4.24. The first-order valence-corrected chi connectivity index (χ1v) is 9.45. The van der Waals surface area contributed by atoms with Crippen LogP contribution < -0.4 is 21.7 Å². The van der Waals surface area contributed by atoms with Crippen LogP contribution in [0.2, 0.25) is 0 Å². The molecule has 164 valence electrons. The molecule has 2 aromatic rings. The summed E-state index contributed by atoms with van der Waals surface area (Å²) in [6.07, 6.45) is 6.97. The smallest absolute Gasteiger partial charge is 0.321 e. The van der Waals surface area contributed by atoms with Crippen molar-refractivity contribution in [3.8, 4) is 0 Å². The SMILES string of the molecule is C/C=C\C=C(/C)CNc1nc(Nc2cc(NC(=O)N(C)C)ccc2F)ncc1C(N)=O. The fourth-order valence-corrected chi connectivity index (χ4v) is 2.35. The minimum atomic E-state index is -0.691. The molecule has 0 radical (unpaired) electrons. The Labute approximate surface area is 180 Å². The van der Waals surface area contributed by atoms with Crippen molar-refractivity contribution in [2.45, 2.75) is 13.8 Å². The number of rotatable bonds is 8. The van der Waals surface area contributed by atoms with Crippen LogP contribution >= 0.6 is 0 Å². The minimum Gasteiger partial charge on any atom is -0.365 e. The van der Waals surface area contributed by atoms with E-state index in [1.165, 1.54) is 29.3 Å². The molecule has 0 atom stereocenters. The molecule has 5 N–H and O–H groups in total. The molecule has 2 rings (SSSR count). The molecule has 0 aliphatic rings. The zero-order valence-corrected chi connectivity index (χ0v) is 17.9. The maximum absolute atomic E-state index is 14.3. The van der Waals surface area contributed by atoms with E-state index in [-0.39, 0.29) is 29.0 Å². The van der Waals surface area contributed by atoms with Gasteiger partial charge in [-0.1, -0.05) is 23.8 Å². The summed E-state index contributed by atoms with van der Waals surface area (Å²) in [5, 5.41) is 8.44. The molecule has 31 heavy (non-hydrogen) atoms. The van der Waals surface area contributed by atoms with Crippen LogP contribution in [0.15, 0.2) is 48.2 Å². The van der Waals surface area contributed by atoms with Crippen LogP contribution in [0.1, 0.15) is 24.2 Å². The van der Waals surface area contributed by atoms with Crippen LogP contribution in [0.3, 0.4) is 0 Å². The summed E-state index contributed by atoms with van der Waals surface area (Å²) in [7, 11) is 3.19. The first-order chi connectivity index (χ1) is 14.7. The molecule has 0 unspecified atom stereocenters. The molecule has 0 spiro atoms. The largest absolute Gasteiger partial charge is 0.365 e. The standard InChI is InChI=1S/C21H26FN7O2/c1-5-6-7-13(2)11-24-19-15(18(23)30)12-25-20(28-19)27-17-10-14(8-9-16(17)22)26-21(31)29(3)4/h5-10,12H,11H2,1-4H3,(H2,23,30)(H,26,31)(H2,24,25,27,28)/b6-5-,13-7+. The van der Waals surface area contributed by atoms with Gasteiger partial charge >= 0.3 is 6.03 Å². The predicted octanol–water partition coefficient (Wildman–Crippen LogP) is 3.49. The van der Waals surface area contributed by atoms with E-state index < -0.39 is 11.7 Å². The number of aromatic nitrogens is 2. The number of nitrogens with zero attached hydrogens (tertiary/aromatic N) is 3. The molecular formula is C21H26FN7O2. The van der Waals surface area contributed by atoms with E-state index in [9.17, 15) is 14.0 Å². The minimum absolute atomic E-state index is 0.0533. The van der Waals surface area contributed by atoms with Crippen molar-refractivity contribution in [2.75, 3.05) is 36.6 Å². The van der Waals surface area contributed by atoms with Gasteiger partial charge in [-0.15, -0.1) is 0 Å². The number of urea groups is 1. The Kier molecular flexibility index (Phi) is 8.07. The van der Waals surface area contributed by atoms with Crippen molar-refractivity contribution in [2.24, 2.45) is 5.73 Å². The van der Waals surface area contributed by atoms with Crippen molar-refractivity contribution >= 4 is 35.1 Å². The summed E-state index contributed by atoms with van der Waals surface area (Å²) < 4.78 is 14.3. The van der Waals surface area contributed by atoms with Gasteiger partial charge in [0.1, 0.15) is 11.6 Å². The molecule has 1 aromatic heterocycles. The number of benzene rings is 1. The number of carbonyl (C=O) groups is 2. The molecule has 3 amide bonds. The van der Waals surface area contributed by atoms with Gasteiger partial charge in [0.15, 0.2) is 0 Å². The highest BCUT2D eigenvalue weighted by Gasteiger charge is 2.14. The molecule has 0 saturated carbocycles. The van der Waals surface area contributed by atoms with Crippen molar-refractivity contribution in [3.63, 3.8) is 0 Å². The number of anilines is 4. The summed E-state index contributed by atoms with van der Waals surface area (Å²) in [5.74, 6) is -0.984. The Morgan fingerprint density at radius 2 is 2.03 bits per heavy atom. The van der Waals surface area contributed by atoms with Gasteiger partial charge in [-0.25, -0.2) is 14.2 Å². The third-order valence-electron chi connectivity index (χ3n) is 4.03. The summed E-state index contributed by atoms with van der Waals surface area (Å²) in [6, 6.07) is 3.71. The average Bonchev–Trinajstić information content (AvgIpc) is 2.72. The number of carbonyl (C=O) groups excluding carboxylic acids is 2. The molecule has 0 bridgehead atoms. The second-order valence-corrected chi connectivity index (χ2v) is 6.86. The Balaban J connectivity index is 2.27. The fourth-order valence-electron chi connectivity index (χ4n) is 2.35. The lowest BCUT2D eigenvalue weighted by Crippen LogP contribution is -2.27. The second-order valence-electron chi connectivity index (χ2n) is 6.86. The van der Waals surface area contributed by atoms with Gasteiger partial charge in [-0.05, 0) is 32.0 Å². The highest BCUT2D eigenvalue weighted by atomic mass is 19.1. The van der Waals surface area contributed by atoms with Crippen LogP contribution in [0.5, 0.6) is 0 Å². The third kappa shape index (κ3) is 6.81. The number of primary amides is 1. The van der Waals surface area contributed by atoms with Gasteiger partial charge in [0.05, 0.1) is 11.3 Å². The van der Waals surface area contributed by atoms with E-state index in [0.717, 1.165) is 5.57 Å². The second kappa shape index (κ2) is 10.7. The molecular weight excluding hydrogens is 401 g/mol. The number of nitrogens with one attached hydrogen (secondary N) is 3. The zero-order valence-electron chi connectivity index (χ0n) is 17.9. The number of nitrogens with two attached hydrogens (primary N) is 1. The van der Waals surface area contributed by atoms with E-state index in [4.69, 9.17) is 5.73 Å². The van der Waals surface area contributed by atoms with E-state index in [1.807, 2.05) is 32.1 Å². The van der Waals surface area contributed by atoms with Gasteiger partial charge in [0.2, 0.25) is 5.95 Å². The summed E-state index contributed by atoms with van der Waals surface area (Å²) in [4.78, 5) is 33.2. The normalized spacial score (nSPS) is 11.3. The van der Waals surface area contributed by atoms with Gasteiger partial charge in [-0.3, -0.25) is 4.79 Å². The maximum atomic E-state index is 14.3. The topological polar surface area (TPSA) is 125 Å². The van der Waals surface area contributed by atoms with Gasteiger partial charge in [0.25, 0.3) is 5.91 Å². The van der Waals surface area contributed by atoms with Crippen molar-refractivity contribution in [1.29, 1.82) is 0 Å². The highest BCUT2D eigenvalue weighted by molar-refractivity contribution is 5.97. The Morgan fingerprint density at radius 1 is 1.29 bits per heavy atom. The van der Waals surface area contributed by atoms with E-state index in [2.05, 4.69) is 25.9 Å². The van der Waals surface area contributed by atoms with Crippen LogP contribution in [0.4, 0.5) is 32.3 Å². The van der Waals surface area contributed by atoms with Gasteiger partial charge in [0, 0.05) is 32.5 Å². The molecule has 1 heterocycles. The number of hydrogen-bond acceptors (Lipinski definition) is 6. The monoisotopic (exact) mass is 427 g/mol. The van der Waals surface area contributed by atoms with Crippen molar-refractivity contribution < 1.29 is 14.0 Å². The number of halogens is 1. The molecule has 1 aromatic carbocycles. The molecule has 0 fully saturated rings. The van der Waals surface area contributed by atoms with E-state index >= 15 is 0 Å².